The molecule has 1 N–H and O–H groups in total. The second-order valence-electron chi connectivity index (χ2n) is 3.79. The molecule has 0 aliphatic rings. The van der Waals surface area contributed by atoms with Gasteiger partial charge in [0.25, 0.3) is 5.91 Å². The van der Waals surface area contributed by atoms with E-state index in [0.717, 1.165) is 16.7 Å². The molecule has 1 amide bonds. The van der Waals surface area contributed by atoms with Gasteiger partial charge in [0.05, 0.1) is 5.52 Å². The summed E-state index contributed by atoms with van der Waals surface area (Å²) in [7, 11) is 1.48. The topological polar surface area (TPSA) is 64.1 Å². The van der Waals surface area contributed by atoms with E-state index in [4.69, 9.17) is 4.74 Å². The second-order valence-corrected chi connectivity index (χ2v) is 5.02. The average Bonchev–Trinajstić information content (AvgIpc) is 2.39. The molecular formula is C13H15N3O2S. The van der Waals surface area contributed by atoms with Crippen molar-refractivity contribution < 1.29 is 9.53 Å². The maximum Gasteiger partial charge on any atom is 0.251 e. The molecular weight excluding hydrogens is 262 g/mol. The Hall–Kier alpha value is -1.66. The van der Waals surface area contributed by atoms with E-state index in [0.29, 0.717) is 11.0 Å². The van der Waals surface area contributed by atoms with Crippen LogP contribution < -0.4 is 5.32 Å². The van der Waals surface area contributed by atoms with E-state index in [1.165, 1.54) is 18.9 Å². The summed E-state index contributed by atoms with van der Waals surface area (Å²) in [5.74, 6) is 1.19. The Balaban J connectivity index is 2.41. The standard InChI is InChI=1S/C13H15N3O2S/c1-3-19-13-14-10-7-5-4-6-9(10)12(16-13)15-11(17)8-18-2/h4-7H,3,8H2,1-2H3,(H,14,15,16,17). The molecule has 0 fully saturated rings. The Morgan fingerprint density at radius 2 is 2.16 bits per heavy atom. The fourth-order valence-electron chi connectivity index (χ4n) is 1.64. The molecule has 2 rings (SSSR count). The summed E-state index contributed by atoms with van der Waals surface area (Å²) in [6, 6.07) is 7.60. The molecule has 0 bridgehead atoms. The van der Waals surface area contributed by atoms with Crippen LogP contribution in [0.15, 0.2) is 29.4 Å². The van der Waals surface area contributed by atoms with Crippen LogP contribution in [0.1, 0.15) is 6.92 Å². The van der Waals surface area contributed by atoms with Gasteiger partial charge in [0, 0.05) is 12.5 Å². The number of fused-ring (bicyclic) bond motifs is 1. The quantitative estimate of drug-likeness (QED) is 0.671. The molecule has 0 saturated carbocycles. The highest BCUT2D eigenvalue weighted by molar-refractivity contribution is 7.99. The van der Waals surface area contributed by atoms with Crippen LogP contribution in [0.5, 0.6) is 0 Å². The zero-order valence-corrected chi connectivity index (χ0v) is 11.7. The van der Waals surface area contributed by atoms with E-state index in [1.54, 1.807) is 0 Å². The molecule has 19 heavy (non-hydrogen) atoms. The molecule has 0 aliphatic heterocycles. The molecule has 1 aromatic carbocycles. The molecule has 1 heterocycles. The number of hydrogen-bond donors (Lipinski definition) is 1. The SMILES string of the molecule is CCSc1nc(NC(=O)COC)c2ccccc2n1. The fourth-order valence-corrected chi connectivity index (χ4v) is 2.22. The van der Waals surface area contributed by atoms with Gasteiger partial charge in [0.1, 0.15) is 12.4 Å². The second kappa shape index (κ2) is 6.49. The van der Waals surface area contributed by atoms with E-state index in [1.807, 2.05) is 31.2 Å². The third-order valence-electron chi connectivity index (χ3n) is 2.39. The van der Waals surface area contributed by atoms with E-state index in [2.05, 4.69) is 15.3 Å². The van der Waals surface area contributed by atoms with Crippen molar-refractivity contribution in [1.29, 1.82) is 0 Å². The van der Waals surface area contributed by atoms with Crippen molar-refractivity contribution >= 4 is 34.4 Å². The van der Waals surface area contributed by atoms with E-state index >= 15 is 0 Å². The predicted molar refractivity (Wildman–Crippen MR) is 76.4 cm³/mol. The molecule has 100 valence electrons. The fraction of sp³-hybridized carbons (Fsp3) is 0.308. The van der Waals surface area contributed by atoms with Gasteiger partial charge in [-0.2, -0.15) is 0 Å². The Labute approximate surface area is 115 Å². The highest BCUT2D eigenvalue weighted by atomic mass is 32.2. The van der Waals surface area contributed by atoms with Crippen molar-refractivity contribution in [2.45, 2.75) is 12.1 Å². The van der Waals surface area contributed by atoms with Crippen molar-refractivity contribution in [3.8, 4) is 0 Å². The van der Waals surface area contributed by atoms with Crippen molar-refractivity contribution in [3.63, 3.8) is 0 Å². The van der Waals surface area contributed by atoms with Gasteiger partial charge < -0.3 is 10.1 Å². The number of benzene rings is 1. The monoisotopic (exact) mass is 277 g/mol. The maximum absolute atomic E-state index is 11.6. The maximum atomic E-state index is 11.6. The lowest BCUT2D eigenvalue weighted by atomic mass is 10.2. The first-order chi connectivity index (χ1) is 9.24. The number of ether oxygens (including phenoxy) is 1. The van der Waals surface area contributed by atoms with Gasteiger partial charge in [-0.1, -0.05) is 30.8 Å². The summed E-state index contributed by atoms with van der Waals surface area (Å²) in [6.45, 7) is 2.04. The van der Waals surface area contributed by atoms with E-state index in [-0.39, 0.29) is 12.5 Å². The van der Waals surface area contributed by atoms with Crippen LogP contribution in [0.25, 0.3) is 10.9 Å². The first kappa shape index (κ1) is 13.8. The molecule has 0 atom stereocenters. The van der Waals surface area contributed by atoms with Crippen molar-refractivity contribution in [3.05, 3.63) is 24.3 Å². The first-order valence-corrected chi connectivity index (χ1v) is 6.91. The number of methoxy groups -OCH3 is 1. The predicted octanol–water partition coefficient (Wildman–Crippen LogP) is 2.33. The summed E-state index contributed by atoms with van der Waals surface area (Å²) < 4.78 is 4.80. The number of aromatic nitrogens is 2. The number of nitrogens with one attached hydrogen (secondary N) is 1. The summed E-state index contributed by atoms with van der Waals surface area (Å²) >= 11 is 1.54. The minimum absolute atomic E-state index is 0.00852. The van der Waals surface area contributed by atoms with Gasteiger partial charge in [0.15, 0.2) is 5.16 Å². The first-order valence-electron chi connectivity index (χ1n) is 5.93. The summed E-state index contributed by atoms with van der Waals surface area (Å²) in [6.07, 6.45) is 0. The third-order valence-corrected chi connectivity index (χ3v) is 3.12. The third kappa shape index (κ3) is 3.42. The van der Waals surface area contributed by atoms with E-state index in [9.17, 15) is 4.79 Å². The number of nitrogens with zero attached hydrogens (tertiary/aromatic N) is 2. The Bertz CT molecular complexity index is 589. The number of amides is 1. The molecule has 2 aromatic rings. The number of thioether (sulfide) groups is 1. The van der Waals surface area contributed by atoms with Crippen LogP contribution in [0.3, 0.4) is 0 Å². The highest BCUT2D eigenvalue weighted by Gasteiger charge is 2.10. The molecule has 5 nitrogen and oxygen atoms in total. The Morgan fingerprint density at radius 3 is 2.89 bits per heavy atom. The van der Waals surface area contributed by atoms with Gasteiger partial charge in [-0.05, 0) is 17.9 Å². The summed E-state index contributed by atoms with van der Waals surface area (Å²) in [4.78, 5) is 20.4. The molecule has 1 aromatic heterocycles. The Kier molecular flexibility index (Phi) is 4.70. The van der Waals surface area contributed by atoms with Crippen LogP contribution in [-0.2, 0) is 9.53 Å². The van der Waals surface area contributed by atoms with Crippen LogP contribution in [-0.4, -0.2) is 35.3 Å². The van der Waals surface area contributed by atoms with E-state index < -0.39 is 0 Å². The number of anilines is 1. The van der Waals surface area contributed by atoms with Crippen LogP contribution in [0.2, 0.25) is 0 Å². The minimum Gasteiger partial charge on any atom is -0.375 e. The highest BCUT2D eigenvalue weighted by Crippen LogP contribution is 2.24. The number of carbonyl (C=O) groups excluding carboxylic acids is 1. The largest absolute Gasteiger partial charge is 0.375 e. The average molecular weight is 277 g/mol. The van der Waals surface area contributed by atoms with Gasteiger partial charge in [-0.25, -0.2) is 9.97 Å². The molecule has 0 aliphatic carbocycles. The summed E-state index contributed by atoms with van der Waals surface area (Å²) in [5.41, 5.74) is 0.821. The lowest BCUT2D eigenvalue weighted by Crippen LogP contribution is -2.18. The van der Waals surface area contributed by atoms with Crippen LogP contribution in [0, 0.1) is 0 Å². The number of para-hydroxylation sites is 1. The number of rotatable bonds is 5. The van der Waals surface area contributed by atoms with Gasteiger partial charge in [-0.3, -0.25) is 4.79 Å². The minimum atomic E-state index is -0.223. The van der Waals surface area contributed by atoms with Crippen LogP contribution in [0.4, 0.5) is 5.82 Å². The van der Waals surface area contributed by atoms with Crippen LogP contribution >= 0.6 is 11.8 Å². The molecule has 0 spiro atoms. The normalized spacial score (nSPS) is 10.6. The molecule has 6 heteroatoms. The zero-order valence-electron chi connectivity index (χ0n) is 10.8. The van der Waals surface area contributed by atoms with Crippen molar-refractivity contribution in [1.82, 2.24) is 9.97 Å². The lowest BCUT2D eigenvalue weighted by Gasteiger charge is -2.09. The van der Waals surface area contributed by atoms with Gasteiger partial charge in [0.2, 0.25) is 0 Å². The number of carbonyl (C=O) groups is 1. The summed E-state index contributed by atoms with van der Waals surface area (Å²) in [5, 5.41) is 4.24. The van der Waals surface area contributed by atoms with Gasteiger partial charge in [-0.15, -0.1) is 0 Å². The smallest absolute Gasteiger partial charge is 0.251 e. The lowest BCUT2D eigenvalue weighted by molar-refractivity contribution is -0.119. The molecule has 0 radical (unpaired) electrons. The molecule has 0 unspecified atom stereocenters. The van der Waals surface area contributed by atoms with Crippen molar-refractivity contribution in [2.24, 2.45) is 0 Å². The zero-order chi connectivity index (χ0) is 13.7. The molecule has 0 saturated heterocycles. The van der Waals surface area contributed by atoms with Gasteiger partial charge >= 0.3 is 0 Å². The Morgan fingerprint density at radius 1 is 1.37 bits per heavy atom. The van der Waals surface area contributed by atoms with Crippen molar-refractivity contribution in [2.75, 3.05) is 24.8 Å². The number of hydrogen-bond acceptors (Lipinski definition) is 5.